The largest absolute Gasteiger partial charge is 0.383 e. The Kier molecular flexibility index (Phi) is 9.61. The Morgan fingerprint density at radius 3 is 2.65 bits per heavy atom. The van der Waals surface area contributed by atoms with E-state index in [1.807, 2.05) is 19.1 Å². The zero-order valence-corrected chi connectivity index (χ0v) is 18.7. The number of benzene rings is 1. The van der Waals surface area contributed by atoms with E-state index < -0.39 is 11.2 Å². The highest BCUT2D eigenvalue weighted by molar-refractivity contribution is 6.30. The van der Waals surface area contributed by atoms with Crippen molar-refractivity contribution in [2.45, 2.75) is 32.7 Å². The monoisotopic (exact) mass is 451 g/mol. The van der Waals surface area contributed by atoms with Crippen LogP contribution in [-0.4, -0.2) is 48.8 Å². The van der Waals surface area contributed by atoms with Crippen LogP contribution in [0.2, 0.25) is 5.02 Å². The number of nitrogen functional groups attached to an aromatic ring is 1. The van der Waals surface area contributed by atoms with Crippen molar-refractivity contribution in [2.24, 2.45) is 0 Å². The third-order valence-electron chi connectivity index (χ3n) is 4.81. The number of nitrogens with one attached hydrogen (secondary N) is 2. The number of nitrogens with zero attached hydrogens (tertiary/aromatic N) is 2. The van der Waals surface area contributed by atoms with E-state index in [-0.39, 0.29) is 37.1 Å². The highest BCUT2D eigenvalue weighted by atomic mass is 35.5. The maximum Gasteiger partial charge on any atom is 0.330 e. The van der Waals surface area contributed by atoms with Gasteiger partial charge in [-0.05, 0) is 30.5 Å². The summed E-state index contributed by atoms with van der Waals surface area (Å²) in [5.74, 6) is -0.220. The second-order valence-electron chi connectivity index (χ2n) is 7.14. The number of carbonyl (C=O) groups excluding carboxylic acids is 1. The molecule has 1 aromatic heterocycles. The van der Waals surface area contributed by atoms with Crippen LogP contribution in [0.4, 0.5) is 11.5 Å². The summed E-state index contributed by atoms with van der Waals surface area (Å²) >= 11 is 5.88. The van der Waals surface area contributed by atoms with E-state index in [1.54, 1.807) is 12.1 Å². The average Bonchev–Trinajstić information content (AvgIpc) is 2.73. The number of nitrogens with two attached hydrogens (primary N) is 1. The summed E-state index contributed by atoms with van der Waals surface area (Å²) in [6.45, 7) is 3.26. The van der Waals surface area contributed by atoms with Gasteiger partial charge in [0.2, 0.25) is 5.91 Å². The highest BCUT2D eigenvalue weighted by Crippen LogP contribution is 2.17. The Bertz CT molecular complexity index is 971. The van der Waals surface area contributed by atoms with Gasteiger partial charge in [0, 0.05) is 31.8 Å². The van der Waals surface area contributed by atoms with E-state index in [1.165, 1.54) is 16.6 Å². The molecular weight excluding hydrogens is 422 g/mol. The van der Waals surface area contributed by atoms with Crippen molar-refractivity contribution >= 4 is 29.0 Å². The van der Waals surface area contributed by atoms with E-state index >= 15 is 0 Å². The lowest BCUT2D eigenvalue weighted by molar-refractivity contribution is -0.119. The summed E-state index contributed by atoms with van der Waals surface area (Å²) in [5, 5.41) is 3.50. The zero-order valence-electron chi connectivity index (χ0n) is 17.9. The fourth-order valence-corrected chi connectivity index (χ4v) is 3.25. The second kappa shape index (κ2) is 12.2. The average molecular weight is 452 g/mol. The Hall–Kier alpha value is -2.78. The van der Waals surface area contributed by atoms with Crippen molar-refractivity contribution in [3.05, 3.63) is 55.7 Å². The Labute approximate surface area is 186 Å². The van der Waals surface area contributed by atoms with Gasteiger partial charge in [0.05, 0.1) is 13.2 Å². The van der Waals surface area contributed by atoms with Gasteiger partial charge in [0.1, 0.15) is 11.5 Å². The molecule has 0 fully saturated rings. The molecule has 0 saturated carbocycles. The summed E-state index contributed by atoms with van der Waals surface area (Å²) < 4.78 is 6.45. The van der Waals surface area contributed by atoms with Crippen LogP contribution in [0.3, 0.4) is 0 Å². The predicted molar refractivity (Wildman–Crippen MR) is 123 cm³/mol. The number of halogens is 1. The predicted octanol–water partition coefficient (Wildman–Crippen LogP) is 1.38. The molecule has 0 saturated heterocycles. The van der Waals surface area contributed by atoms with Crippen LogP contribution in [0.25, 0.3) is 0 Å². The van der Waals surface area contributed by atoms with Crippen molar-refractivity contribution in [1.29, 1.82) is 0 Å². The minimum atomic E-state index is -0.625. The van der Waals surface area contributed by atoms with Crippen molar-refractivity contribution in [3.63, 3.8) is 0 Å². The van der Waals surface area contributed by atoms with Gasteiger partial charge in [-0.15, -0.1) is 0 Å². The first-order valence-electron chi connectivity index (χ1n) is 10.2. The zero-order chi connectivity index (χ0) is 22.8. The number of aromatic amines is 1. The fourth-order valence-electron chi connectivity index (χ4n) is 3.12. The molecule has 9 nitrogen and oxygen atoms in total. The summed E-state index contributed by atoms with van der Waals surface area (Å²) in [4.78, 5) is 41.1. The van der Waals surface area contributed by atoms with E-state index in [9.17, 15) is 14.4 Å². The first-order valence-corrected chi connectivity index (χ1v) is 10.6. The van der Waals surface area contributed by atoms with Gasteiger partial charge in [-0.1, -0.05) is 37.1 Å². The molecule has 0 radical (unpaired) electrons. The highest BCUT2D eigenvalue weighted by Gasteiger charge is 2.20. The van der Waals surface area contributed by atoms with Crippen molar-refractivity contribution in [1.82, 2.24) is 14.9 Å². The van der Waals surface area contributed by atoms with Crippen LogP contribution >= 0.6 is 11.6 Å². The van der Waals surface area contributed by atoms with E-state index in [4.69, 9.17) is 22.1 Å². The minimum Gasteiger partial charge on any atom is -0.383 e. The number of aromatic nitrogens is 2. The number of unbranched alkanes of at least 4 members (excludes halogenated alkanes) is 1. The number of hydrogen-bond donors (Lipinski definition) is 3. The van der Waals surface area contributed by atoms with Crippen molar-refractivity contribution in [2.75, 3.05) is 44.0 Å². The SMILES string of the molecule is CCCCn1c(N)c(N(CCOC)CC(=O)NCCc2ccc(Cl)cc2)c(=O)[nH]c1=O. The molecule has 2 aromatic rings. The van der Waals surface area contributed by atoms with Gasteiger partial charge in [0.15, 0.2) is 0 Å². The van der Waals surface area contributed by atoms with Gasteiger partial charge < -0.3 is 20.7 Å². The second-order valence-corrected chi connectivity index (χ2v) is 7.58. The Morgan fingerprint density at radius 2 is 2.00 bits per heavy atom. The molecule has 1 heterocycles. The molecule has 0 aliphatic carbocycles. The van der Waals surface area contributed by atoms with Gasteiger partial charge in [0.25, 0.3) is 5.56 Å². The molecule has 0 spiro atoms. The molecule has 1 aromatic carbocycles. The molecule has 2 rings (SSSR count). The molecule has 0 atom stereocenters. The lowest BCUT2D eigenvalue weighted by Crippen LogP contribution is -2.44. The topological polar surface area (TPSA) is 122 Å². The van der Waals surface area contributed by atoms with Gasteiger partial charge in [-0.3, -0.25) is 19.1 Å². The summed E-state index contributed by atoms with van der Waals surface area (Å²) in [6, 6.07) is 7.40. The van der Waals surface area contributed by atoms with Gasteiger partial charge in [-0.2, -0.15) is 0 Å². The maximum absolute atomic E-state index is 12.5. The number of methoxy groups -OCH3 is 1. The van der Waals surface area contributed by atoms with E-state index in [2.05, 4.69) is 10.3 Å². The number of carbonyl (C=O) groups is 1. The van der Waals surface area contributed by atoms with Crippen LogP contribution in [0, 0.1) is 0 Å². The molecule has 31 heavy (non-hydrogen) atoms. The first kappa shape index (κ1) is 24.5. The molecule has 0 aliphatic heterocycles. The van der Waals surface area contributed by atoms with Crippen LogP contribution < -0.4 is 27.2 Å². The molecule has 0 unspecified atom stereocenters. The van der Waals surface area contributed by atoms with Crippen LogP contribution in [-0.2, 0) is 22.5 Å². The number of ether oxygens (including phenoxy) is 1. The quantitative estimate of drug-likeness (QED) is 0.448. The normalized spacial score (nSPS) is 10.8. The Morgan fingerprint density at radius 1 is 1.29 bits per heavy atom. The minimum absolute atomic E-state index is 0.0484. The molecule has 0 aliphatic rings. The maximum atomic E-state index is 12.5. The molecule has 170 valence electrons. The first-order chi connectivity index (χ1) is 14.9. The summed E-state index contributed by atoms with van der Waals surface area (Å²) in [7, 11) is 1.53. The summed E-state index contributed by atoms with van der Waals surface area (Å²) in [5.41, 5.74) is 6.14. The lowest BCUT2D eigenvalue weighted by Gasteiger charge is -2.25. The molecule has 4 N–H and O–H groups in total. The van der Waals surface area contributed by atoms with Crippen molar-refractivity contribution in [3.8, 4) is 0 Å². The third-order valence-corrected chi connectivity index (χ3v) is 5.07. The third kappa shape index (κ3) is 7.15. The molecular formula is C21H30ClN5O4. The number of anilines is 2. The van der Waals surface area contributed by atoms with Crippen LogP contribution in [0.15, 0.2) is 33.9 Å². The number of H-pyrrole nitrogens is 1. The van der Waals surface area contributed by atoms with Gasteiger partial charge in [-0.25, -0.2) is 4.79 Å². The summed E-state index contributed by atoms with van der Waals surface area (Å²) in [6.07, 6.45) is 2.24. The van der Waals surface area contributed by atoms with Gasteiger partial charge >= 0.3 is 5.69 Å². The van der Waals surface area contributed by atoms with E-state index in [0.717, 1.165) is 18.4 Å². The number of hydrogen-bond acceptors (Lipinski definition) is 6. The number of amides is 1. The van der Waals surface area contributed by atoms with Crippen LogP contribution in [0.5, 0.6) is 0 Å². The number of rotatable bonds is 12. The lowest BCUT2D eigenvalue weighted by atomic mass is 10.1. The Balaban J connectivity index is 2.13. The molecule has 0 bridgehead atoms. The molecule has 10 heteroatoms. The molecule has 1 amide bonds. The smallest absolute Gasteiger partial charge is 0.330 e. The van der Waals surface area contributed by atoms with Crippen molar-refractivity contribution < 1.29 is 9.53 Å². The van der Waals surface area contributed by atoms with Crippen LogP contribution in [0.1, 0.15) is 25.3 Å². The fraction of sp³-hybridized carbons (Fsp3) is 0.476. The van der Waals surface area contributed by atoms with E-state index in [0.29, 0.717) is 24.5 Å². The standard InChI is InChI=1S/C21H30ClN5O4/c1-3-4-11-27-19(23)18(20(29)25-21(27)30)26(12-13-31-2)14-17(28)24-10-9-15-5-7-16(22)8-6-15/h5-8H,3-4,9-14,23H2,1-2H3,(H,24,28)(H,25,29,30).